The van der Waals surface area contributed by atoms with Gasteiger partial charge in [0.15, 0.2) is 5.16 Å². The van der Waals surface area contributed by atoms with Crippen LogP contribution in [0.5, 0.6) is 0 Å². The number of aromatic nitrogens is 4. The molecule has 0 bridgehead atoms. The Kier molecular flexibility index (Phi) is 5.03. The van der Waals surface area contributed by atoms with Gasteiger partial charge in [0.05, 0.1) is 16.3 Å². The Morgan fingerprint density at radius 1 is 1.18 bits per heavy atom. The average Bonchev–Trinajstić information content (AvgIpc) is 3.27. The molecular weight excluding hydrogens is 374 g/mol. The maximum atomic E-state index is 12.6. The van der Waals surface area contributed by atoms with Crippen LogP contribution in [0.1, 0.15) is 12.5 Å². The minimum atomic E-state index is -0.335. The van der Waals surface area contributed by atoms with Gasteiger partial charge in [-0.2, -0.15) is 0 Å². The Hall–Kier alpha value is -3.26. The summed E-state index contributed by atoms with van der Waals surface area (Å²) >= 11 is 1.41. The summed E-state index contributed by atoms with van der Waals surface area (Å²) < 4.78 is 2.03. The van der Waals surface area contributed by atoms with Gasteiger partial charge in [-0.25, -0.2) is 9.78 Å². The molecule has 28 heavy (non-hydrogen) atoms. The van der Waals surface area contributed by atoms with E-state index in [2.05, 4.69) is 32.4 Å². The van der Waals surface area contributed by atoms with Gasteiger partial charge in [0, 0.05) is 24.6 Å². The van der Waals surface area contributed by atoms with Crippen LogP contribution in [0.4, 0.5) is 5.69 Å². The topological polar surface area (TPSA) is 95.6 Å². The fourth-order valence-electron chi connectivity index (χ4n) is 2.88. The number of carbonyl (C=O) groups excluding carboxylic acids is 1. The van der Waals surface area contributed by atoms with E-state index in [4.69, 9.17) is 0 Å². The molecule has 0 saturated carbocycles. The Bertz CT molecular complexity index is 1160. The van der Waals surface area contributed by atoms with Gasteiger partial charge >= 0.3 is 5.69 Å². The molecular formula is C20H19N5O2S. The normalized spacial score (nSPS) is 12.2. The van der Waals surface area contributed by atoms with Crippen LogP contribution in [0.15, 0.2) is 70.9 Å². The van der Waals surface area contributed by atoms with Crippen molar-refractivity contribution >= 4 is 34.4 Å². The lowest BCUT2D eigenvalue weighted by Gasteiger charge is -2.13. The largest absolute Gasteiger partial charge is 0.325 e. The first-order valence-corrected chi connectivity index (χ1v) is 9.71. The molecule has 8 heteroatoms. The van der Waals surface area contributed by atoms with Crippen molar-refractivity contribution < 1.29 is 4.79 Å². The zero-order valence-corrected chi connectivity index (χ0v) is 16.0. The van der Waals surface area contributed by atoms with Gasteiger partial charge in [0.1, 0.15) is 0 Å². The second-order valence-electron chi connectivity index (χ2n) is 6.41. The van der Waals surface area contributed by atoms with Crippen LogP contribution in [0.3, 0.4) is 0 Å². The molecule has 3 N–H and O–H groups in total. The number of fused-ring (bicyclic) bond motifs is 1. The molecule has 4 aromatic rings. The van der Waals surface area contributed by atoms with Crippen molar-refractivity contribution in [3.8, 4) is 0 Å². The number of carbonyl (C=O) groups is 1. The van der Waals surface area contributed by atoms with Crippen LogP contribution in [-0.4, -0.2) is 30.7 Å². The van der Waals surface area contributed by atoms with Crippen molar-refractivity contribution in [2.75, 3.05) is 5.32 Å². The minimum absolute atomic E-state index is 0.128. The molecule has 0 aliphatic heterocycles. The molecule has 142 valence electrons. The molecule has 0 saturated heterocycles. The molecule has 1 atom stereocenters. The van der Waals surface area contributed by atoms with Gasteiger partial charge in [0.25, 0.3) is 0 Å². The number of hydrogen-bond donors (Lipinski definition) is 3. The summed E-state index contributed by atoms with van der Waals surface area (Å²) in [6, 6.07) is 15.4. The highest BCUT2D eigenvalue weighted by Gasteiger charge is 2.18. The summed E-state index contributed by atoms with van der Waals surface area (Å²) in [5.41, 5.74) is 2.89. The first-order valence-electron chi connectivity index (χ1n) is 8.83. The molecule has 4 rings (SSSR count). The Labute approximate surface area is 165 Å². The number of thioether (sulfide) groups is 1. The number of anilines is 1. The van der Waals surface area contributed by atoms with Gasteiger partial charge in [0.2, 0.25) is 5.91 Å². The lowest BCUT2D eigenvalue weighted by Crippen LogP contribution is -2.23. The zero-order valence-electron chi connectivity index (χ0n) is 15.2. The van der Waals surface area contributed by atoms with Gasteiger partial charge in [-0.1, -0.05) is 42.1 Å². The number of rotatable bonds is 6. The van der Waals surface area contributed by atoms with E-state index in [1.807, 2.05) is 35.9 Å². The summed E-state index contributed by atoms with van der Waals surface area (Å²) in [6.45, 7) is 2.55. The number of aromatic amines is 2. The highest BCUT2D eigenvalue weighted by atomic mass is 32.2. The predicted molar refractivity (Wildman–Crippen MR) is 111 cm³/mol. The van der Waals surface area contributed by atoms with Crippen LogP contribution in [0.25, 0.3) is 11.0 Å². The third-order valence-electron chi connectivity index (χ3n) is 4.31. The molecule has 2 aromatic heterocycles. The second kappa shape index (κ2) is 7.77. The highest BCUT2D eigenvalue weighted by Crippen LogP contribution is 2.24. The molecule has 0 fully saturated rings. The second-order valence-corrected chi connectivity index (χ2v) is 7.72. The monoisotopic (exact) mass is 393 g/mol. The van der Waals surface area contributed by atoms with Crippen LogP contribution >= 0.6 is 11.8 Å². The fraction of sp³-hybridized carbons (Fsp3) is 0.150. The van der Waals surface area contributed by atoms with Crippen LogP contribution < -0.4 is 11.0 Å². The smallest absolute Gasteiger partial charge is 0.323 e. The van der Waals surface area contributed by atoms with Crippen molar-refractivity contribution in [1.29, 1.82) is 0 Å². The van der Waals surface area contributed by atoms with E-state index in [0.29, 0.717) is 23.3 Å². The highest BCUT2D eigenvalue weighted by molar-refractivity contribution is 8.00. The molecule has 2 aromatic carbocycles. The third kappa shape index (κ3) is 4.01. The van der Waals surface area contributed by atoms with Gasteiger partial charge in [-0.3, -0.25) is 4.79 Å². The maximum absolute atomic E-state index is 12.6. The Balaban J connectivity index is 1.43. The van der Waals surface area contributed by atoms with Crippen LogP contribution in [-0.2, 0) is 11.3 Å². The predicted octanol–water partition coefficient (Wildman–Crippen LogP) is 3.22. The number of benzene rings is 2. The van der Waals surface area contributed by atoms with Crippen LogP contribution in [0.2, 0.25) is 0 Å². The number of hydrogen-bond acceptors (Lipinski definition) is 4. The van der Waals surface area contributed by atoms with Gasteiger partial charge in [-0.05, 0) is 30.7 Å². The zero-order chi connectivity index (χ0) is 19.5. The van der Waals surface area contributed by atoms with E-state index in [-0.39, 0.29) is 16.8 Å². The maximum Gasteiger partial charge on any atom is 0.323 e. The molecule has 0 spiro atoms. The molecule has 2 heterocycles. The van der Waals surface area contributed by atoms with E-state index in [1.54, 1.807) is 24.4 Å². The van der Waals surface area contributed by atoms with E-state index < -0.39 is 0 Å². The van der Waals surface area contributed by atoms with E-state index >= 15 is 0 Å². The SMILES string of the molecule is C[C@@H](Sc1nccn1Cc1ccccc1)C(=O)Nc1ccc2[nH]c(=O)[nH]c2c1. The summed E-state index contributed by atoms with van der Waals surface area (Å²) in [4.78, 5) is 33.7. The summed E-state index contributed by atoms with van der Waals surface area (Å²) in [7, 11) is 0. The van der Waals surface area contributed by atoms with Crippen molar-refractivity contribution in [3.63, 3.8) is 0 Å². The molecule has 0 unspecified atom stereocenters. The van der Waals surface area contributed by atoms with Gasteiger partial charge in [-0.15, -0.1) is 0 Å². The number of nitrogens with zero attached hydrogens (tertiary/aromatic N) is 2. The molecule has 7 nitrogen and oxygen atoms in total. The van der Waals surface area contributed by atoms with E-state index in [1.165, 1.54) is 17.3 Å². The van der Waals surface area contributed by atoms with Gasteiger partial charge < -0.3 is 19.9 Å². The van der Waals surface area contributed by atoms with E-state index in [9.17, 15) is 9.59 Å². The number of nitrogens with one attached hydrogen (secondary N) is 3. The summed E-state index contributed by atoms with van der Waals surface area (Å²) in [5, 5.41) is 3.35. The minimum Gasteiger partial charge on any atom is -0.325 e. The molecule has 0 radical (unpaired) electrons. The van der Waals surface area contributed by atoms with Crippen molar-refractivity contribution in [3.05, 3.63) is 77.0 Å². The standard InChI is InChI=1S/C20H19N5O2S/c1-13(18(26)22-15-7-8-16-17(11-15)24-19(27)23-16)28-20-21-9-10-25(20)12-14-5-3-2-4-6-14/h2-11,13H,12H2,1H3,(H,22,26)(H2,23,24,27)/t13-/m1/s1. The average molecular weight is 393 g/mol. The van der Waals surface area contributed by atoms with E-state index in [0.717, 1.165) is 5.16 Å². The Morgan fingerprint density at radius 3 is 2.79 bits per heavy atom. The Morgan fingerprint density at radius 2 is 1.96 bits per heavy atom. The number of imidazole rings is 2. The van der Waals surface area contributed by atoms with Crippen molar-refractivity contribution in [1.82, 2.24) is 19.5 Å². The quantitative estimate of drug-likeness (QED) is 0.438. The van der Waals surface area contributed by atoms with Crippen molar-refractivity contribution in [2.45, 2.75) is 23.9 Å². The van der Waals surface area contributed by atoms with Crippen LogP contribution in [0, 0.1) is 0 Å². The fourth-order valence-corrected chi connectivity index (χ4v) is 3.74. The lowest BCUT2D eigenvalue weighted by molar-refractivity contribution is -0.115. The molecule has 0 aliphatic rings. The first-order chi connectivity index (χ1) is 13.6. The lowest BCUT2D eigenvalue weighted by atomic mass is 10.2. The van der Waals surface area contributed by atoms with Crippen molar-refractivity contribution in [2.24, 2.45) is 0 Å². The first kappa shape index (κ1) is 18.1. The molecule has 0 aliphatic carbocycles. The number of amides is 1. The third-order valence-corrected chi connectivity index (χ3v) is 5.43. The molecule has 1 amide bonds. The summed E-state index contributed by atoms with van der Waals surface area (Å²) in [5.74, 6) is -0.128. The summed E-state index contributed by atoms with van der Waals surface area (Å²) in [6.07, 6.45) is 3.65. The number of H-pyrrole nitrogens is 2.